The van der Waals surface area contributed by atoms with Gasteiger partial charge in [0.15, 0.2) is 11.5 Å². The van der Waals surface area contributed by atoms with Crippen molar-refractivity contribution in [3.05, 3.63) is 24.3 Å². The number of aliphatic hydroxyl groups is 1. The lowest BCUT2D eigenvalue weighted by atomic mass is 10.0. The highest BCUT2D eigenvalue weighted by Crippen LogP contribution is 2.31. The molecule has 2 aliphatic heterocycles. The summed E-state index contributed by atoms with van der Waals surface area (Å²) in [6, 6.07) is 7.33. The average molecular weight is 249 g/mol. The molecule has 2 aliphatic rings. The van der Waals surface area contributed by atoms with Crippen LogP contribution in [0.25, 0.3) is 0 Å². The predicted octanol–water partition coefficient (Wildman–Crippen LogP) is 0.277. The van der Waals surface area contributed by atoms with E-state index in [9.17, 15) is 4.79 Å². The summed E-state index contributed by atoms with van der Waals surface area (Å²) in [5.74, 6) is 1.44. The molecular formula is C13H15NO4. The molecule has 1 saturated heterocycles. The summed E-state index contributed by atoms with van der Waals surface area (Å²) < 4.78 is 11.1. The number of fused-ring (bicyclic) bond motifs is 1. The van der Waals surface area contributed by atoms with Crippen molar-refractivity contribution in [3.63, 3.8) is 0 Å². The van der Waals surface area contributed by atoms with Crippen molar-refractivity contribution in [3.8, 4) is 11.5 Å². The molecule has 1 aromatic rings. The zero-order chi connectivity index (χ0) is 12.5. The molecule has 5 heteroatoms. The lowest BCUT2D eigenvalue weighted by Crippen LogP contribution is -2.57. The quantitative estimate of drug-likeness (QED) is 0.817. The number of amides is 1. The summed E-state index contributed by atoms with van der Waals surface area (Å²) >= 11 is 0. The van der Waals surface area contributed by atoms with Gasteiger partial charge in [0.1, 0.15) is 6.61 Å². The molecule has 3 rings (SSSR count). The highest BCUT2D eigenvalue weighted by Gasteiger charge is 2.37. The second kappa shape index (κ2) is 4.49. The number of carbonyl (C=O) groups excluding carboxylic acids is 1. The van der Waals surface area contributed by atoms with Gasteiger partial charge in [0.25, 0.3) is 5.91 Å². The van der Waals surface area contributed by atoms with Gasteiger partial charge < -0.3 is 19.5 Å². The van der Waals surface area contributed by atoms with Crippen LogP contribution >= 0.6 is 0 Å². The van der Waals surface area contributed by atoms with E-state index in [2.05, 4.69) is 0 Å². The third-order valence-corrected chi connectivity index (χ3v) is 3.31. The zero-order valence-electron chi connectivity index (χ0n) is 9.91. The first-order valence-electron chi connectivity index (χ1n) is 6.06. The van der Waals surface area contributed by atoms with Crippen molar-refractivity contribution in [2.24, 2.45) is 5.92 Å². The second-order valence-electron chi connectivity index (χ2n) is 4.66. The molecule has 1 amide bonds. The number of rotatable bonds is 2. The van der Waals surface area contributed by atoms with Crippen LogP contribution in [0.2, 0.25) is 0 Å². The first-order chi connectivity index (χ1) is 8.78. The Hall–Kier alpha value is -1.75. The Morgan fingerprint density at radius 3 is 2.78 bits per heavy atom. The lowest BCUT2D eigenvalue weighted by Gasteiger charge is -2.40. The van der Waals surface area contributed by atoms with Crippen LogP contribution in [0.5, 0.6) is 11.5 Å². The number of hydrogen-bond acceptors (Lipinski definition) is 4. The number of likely N-dealkylation sites (tertiary alicyclic amines) is 1. The van der Waals surface area contributed by atoms with Gasteiger partial charge in [-0.3, -0.25) is 4.79 Å². The predicted molar refractivity (Wildman–Crippen MR) is 63.5 cm³/mol. The van der Waals surface area contributed by atoms with Crippen molar-refractivity contribution >= 4 is 5.91 Å². The molecule has 1 fully saturated rings. The van der Waals surface area contributed by atoms with Gasteiger partial charge in [0.05, 0.1) is 0 Å². The topological polar surface area (TPSA) is 59.0 Å². The summed E-state index contributed by atoms with van der Waals surface area (Å²) in [4.78, 5) is 13.8. The SMILES string of the molecule is O=C([C@@H]1COc2ccccc2O1)N1CC(CO)C1. The van der Waals surface area contributed by atoms with E-state index < -0.39 is 6.10 Å². The lowest BCUT2D eigenvalue weighted by molar-refractivity contribution is -0.148. The van der Waals surface area contributed by atoms with Crippen LogP contribution in [0.4, 0.5) is 0 Å². The maximum atomic E-state index is 12.1. The maximum Gasteiger partial charge on any atom is 0.267 e. The van der Waals surface area contributed by atoms with Gasteiger partial charge >= 0.3 is 0 Å². The summed E-state index contributed by atoms with van der Waals surface area (Å²) in [6.45, 7) is 1.60. The van der Waals surface area contributed by atoms with Crippen LogP contribution in [-0.4, -0.2) is 48.3 Å². The molecule has 2 heterocycles. The van der Waals surface area contributed by atoms with Gasteiger partial charge in [-0.25, -0.2) is 0 Å². The molecule has 0 spiro atoms. The number of ether oxygens (including phenoxy) is 2. The number of para-hydroxylation sites is 2. The third kappa shape index (κ3) is 1.90. The Morgan fingerprint density at radius 1 is 1.33 bits per heavy atom. The second-order valence-corrected chi connectivity index (χ2v) is 4.66. The standard InChI is InChI=1S/C13H15NO4/c15-7-9-5-14(6-9)13(16)12-8-17-10-3-1-2-4-11(10)18-12/h1-4,9,12,15H,5-8H2/t12-/m0/s1. The van der Waals surface area contributed by atoms with E-state index in [0.29, 0.717) is 24.6 Å². The molecule has 0 aromatic heterocycles. The number of benzene rings is 1. The Balaban J connectivity index is 1.64. The van der Waals surface area contributed by atoms with Gasteiger partial charge in [-0.05, 0) is 12.1 Å². The fourth-order valence-electron chi connectivity index (χ4n) is 2.21. The van der Waals surface area contributed by atoms with Crippen molar-refractivity contribution in [2.45, 2.75) is 6.10 Å². The Morgan fingerprint density at radius 2 is 2.06 bits per heavy atom. The van der Waals surface area contributed by atoms with Crippen molar-refractivity contribution < 1.29 is 19.4 Å². The monoisotopic (exact) mass is 249 g/mol. The average Bonchev–Trinajstić information content (AvgIpc) is 2.37. The van der Waals surface area contributed by atoms with E-state index in [1.165, 1.54) is 0 Å². The van der Waals surface area contributed by atoms with Crippen LogP contribution in [0.1, 0.15) is 0 Å². The smallest absolute Gasteiger partial charge is 0.267 e. The molecule has 0 saturated carbocycles. The number of hydrogen-bond donors (Lipinski definition) is 1. The van der Waals surface area contributed by atoms with Gasteiger partial charge in [0, 0.05) is 25.6 Å². The summed E-state index contributed by atoms with van der Waals surface area (Å²) in [7, 11) is 0. The van der Waals surface area contributed by atoms with E-state index in [1.807, 2.05) is 18.2 Å². The first-order valence-corrected chi connectivity index (χ1v) is 6.06. The first kappa shape index (κ1) is 11.3. The molecule has 0 aliphatic carbocycles. The van der Waals surface area contributed by atoms with E-state index in [1.54, 1.807) is 11.0 Å². The molecule has 1 aromatic carbocycles. The van der Waals surface area contributed by atoms with Gasteiger partial charge in [-0.15, -0.1) is 0 Å². The van der Waals surface area contributed by atoms with Crippen molar-refractivity contribution in [2.75, 3.05) is 26.3 Å². The Kier molecular flexibility index (Phi) is 2.83. The fourth-order valence-corrected chi connectivity index (χ4v) is 2.21. The molecule has 0 bridgehead atoms. The Labute approximate surface area is 105 Å². The van der Waals surface area contributed by atoms with Crippen molar-refractivity contribution in [1.82, 2.24) is 4.90 Å². The van der Waals surface area contributed by atoms with Gasteiger partial charge in [-0.1, -0.05) is 12.1 Å². The molecule has 18 heavy (non-hydrogen) atoms. The minimum atomic E-state index is -0.570. The van der Waals surface area contributed by atoms with Crippen molar-refractivity contribution in [1.29, 1.82) is 0 Å². The maximum absolute atomic E-state index is 12.1. The minimum absolute atomic E-state index is 0.0609. The van der Waals surface area contributed by atoms with Crippen LogP contribution in [0.15, 0.2) is 24.3 Å². The molecule has 5 nitrogen and oxygen atoms in total. The molecule has 1 atom stereocenters. The Bertz CT molecular complexity index is 456. The zero-order valence-corrected chi connectivity index (χ0v) is 9.91. The molecular weight excluding hydrogens is 234 g/mol. The fraction of sp³-hybridized carbons (Fsp3) is 0.462. The minimum Gasteiger partial charge on any atom is -0.485 e. The van der Waals surface area contributed by atoms with Crippen LogP contribution in [0, 0.1) is 5.92 Å². The normalized spacial score (nSPS) is 22.5. The largest absolute Gasteiger partial charge is 0.485 e. The number of aliphatic hydroxyl groups excluding tert-OH is 1. The van der Waals surface area contributed by atoms with Crippen LogP contribution in [0.3, 0.4) is 0 Å². The highest BCUT2D eigenvalue weighted by molar-refractivity contribution is 5.82. The van der Waals surface area contributed by atoms with E-state index in [4.69, 9.17) is 14.6 Å². The highest BCUT2D eigenvalue weighted by atomic mass is 16.6. The van der Waals surface area contributed by atoms with Crippen LogP contribution < -0.4 is 9.47 Å². The molecule has 0 radical (unpaired) electrons. The third-order valence-electron chi connectivity index (χ3n) is 3.31. The van der Waals surface area contributed by atoms with E-state index >= 15 is 0 Å². The number of carbonyl (C=O) groups is 1. The summed E-state index contributed by atoms with van der Waals surface area (Å²) in [5, 5.41) is 8.93. The van der Waals surface area contributed by atoms with Gasteiger partial charge in [-0.2, -0.15) is 0 Å². The van der Waals surface area contributed by atoms with E-state index in [-0.39, 0.29) is 25.0 Å². The van der Waals surface area contributed by atoms with E-state index in [0.717, 1.165) is 0 Å². The van der Waals surface area contributed by atoms with Crippen LogP contribution in [-0.2, 0) is 4.79 Å². The molecule has 1 N–H and O–H groups in total. The summed E-state index contributed by atoms with van der Waals surface area (Å²) in [6.07, 6.45) is -0.570. The van der Waals surface area contributed by atoms with Gasteiger partial charge in [0.2, 0.25) is 6.10 Å². The number of nitrogens with zero attached hydrogens (tertiary/aromatic N) is 1. The molecule has 0 unspecified atom stereocenters. The summed E-state index contributed by atoms with van der Waals surface area (Å²) in [5.41, 5.74) is 0. The molecule has 96 valence electrons.